The van der Waals surface area contributed by atoms with Crippen molar-refractivity contribution in [3.63, 3.8) is 0 Å². The van der Waals surface area contributed by atoms with E-state index >= 15 is 0 Å². The minimum absolute atomic E-state index is 0.151. The third-order valence-corrected chi connectivity index (χ3v) is 3.25. The molecule has 0 amide bonds. The van der Waals surface area contributed by atoms with Gasteiger partial charge in [0.2, 0.25) is 0 Å². The van der Waals surface area contributed by atoms with Crippen molar-refractivity contribution in [2.75, 3.05) is 11.1 Å². The molecule has 0 saturated carbocycles. The average Bonchev–Trinajstić information content (AvgIpc) is 2.37. The Bertz CT molecular complexity index is 518. The molecule has 1 rings (SSSR count). The van der Waals surface area contributed by atoms with E-state index in [0.717, 1.165) is 12.8 Å². The molecule has 1 aromatic heterocycles. The lowest BCUT2D eigenvalue weighted by Crippen LogP contribution is -2.34. The molecule has 4 N–H and O–H groups in total. The van der Waals surface area contributed by atoms with Crippen LogP contribution in [0.15, 0.2) is 9.59 Å². The molecule has 6 nitrogen and oxygen atoms in total. The SMILES string of the molecule is CCCCCCC(C)Nc1c(N)n(C)c(=O)[nH]c1=O. The van der Waals surface area contributed by atoms with Crippen molar-refractivity contribution >= 4 is 11.5 Å². The maximum atomic E-state index is 11.7. The average molecular weight is 268 g/mol. The summed E-state index contributed by atoms with van der Waals surface area (Å²) in [6.07, 6.45) is 5.72. The Kier molecular flexibility index (Phi) is 5.66. The maximum Gasteiger partial charge on any atom is 0.329 e. The predicted octanol–water partition coefficient (Wildman–Crippen LogP) is 1.43. The Morgan fingerprint density at radius 2 is 2.00 bits per heavy atom. The van der Waals surface area contributed by atoms with Gasteiger partial charge < -0.3 is 11.1 Å². The van der Waals surface area contributed by atoms with E-state index < -0.39 is 11.2 Å². The molecule has 0 bridgehead atoms. The summed E-state index contributed by atoms with van der Waals surface area (Å²) >= 11 is 0. The lowest BCUT2D eigenvalue weighted by Gasteiger charge is -2.16. The summed E-state index contributed by atoms with van der Waals surface area (Å²) in [6, 6.07) is 0.151. The molecule has 6 heteroatoms. The largest absolute Gasteiger partial charge is 0.383 e. The lowest BCUT2D eigenvalue weighted by molar-refractivity contribution is 0.593. The first kappa shape index (κ1) is 15.3. The first-order chi connectivity index (χ1) is 8.97. The van der Waals surface area contributed by atoms with Gasteiger partial charge in [0.05, 0.1) is 0 Å². The Morgan fingerprint density at radius 3 is 2.63 bits per heavy atom. The van der Waals surface area contributed by atoms with Gasteiger partial charge in [0.25, 0.3) is 5.56 Å². The van der Waals surface area contributed by atoms with Crippen LogP contribution in [0, 0.1) is 0 Å². The molecule has 0 spiro atoms. The van der Waals surface area contributed by atoms with E-state index in [2.05, 4.69) is 17.2 Å². The molecule has 0 aliphatic heterocycles. The monoisotopic (exact) mass is 268 g/mol. The minimum Gasteiger partial charge on any atom is -0.383 e. The first-order valence-electron chi connectivity index (χ1n) is 6.82. The van der Waals surface area contributed by atoms with Crippen LogP contribution in [-0.4, -0.2) is 15.6 Å². The number of aromatic nitrogens is 2. The molecule has 1 aromatic rings. The molecular formula is C13H24N4O2. The molecule has 0 aromatic carbocycles. The van der Waals surface area contributed by atoms with Gasteiger partial charge in [0.1, 0.15) is 11.5 Å². The molecule has 0 fully saturated rings. The van der Waals surface area contributed by atoms with E-state index in [1.165, 1.54) is 30.9 Å². The standard InChI is InChI=1S/C13H24N4O2/c1-4-5-6-7-8-9(2)15-10-11(14)17(3)13(19)16-12(10)18/h9,15H,4-8,14H2,1-3H3,(H,16,18,19). The Balaban J connectivity index is 2.69. The summed E-state index contributed by atoms with van der Waals surface area (Å²) in [4.78, 5) is 25.3. The third-order valence-electron chi connectivity index (χ3n) is 3.25. The molecule has 108 valence electrons. The van der Waals surface area contributed by atoms with Gasteiger partial charge in [0, 0.05) is 13.1 Å². The summed E-state index contributed by atoms with van der Waals surface area (Å²) < 4.78 is 1.23. The molecule has 19 heavy (non-hydrogen) atoms. The van der Waals surface area contributed by atoms with Crippen molar-refractivity contribution < 1.29 is 0 Å². The van der Waals surface area contributed by atoms with Crippen LogP contribution >= 0.6 is 0 Å². The number of anilines is 2. The van der Waals surface area contributed by atoms with Gasteiger partial charge in [-0.05, 0) is 13.3 Å². The van der Waals surface area contributed by atoms with Crippen LogP contribution in [0.3, 0.4) is 0 Å². The van der Waals surface area contributed by atoms with Crippen molar-refractivity contribution in [1.29, 1.82) is 0 Å². The summed E-state index contributed by atoms with van der Waals surface area (Å²) in [5.41, 5.74) is 5.12. The van der Waals surface area contributed by atoms with Crippen LogP contribution in [0.4, 0.5) is 11.5 Å². The highest BCUT2D eigenvalue weighted by Crippen LogP contribution is 2.13. The Labute approximate surface area is 113 Å². The zero-order valence-corrected chi connectivity index (χ0v) is 12.0. The molecule has 0 radical (unpaired) electrons. The summed E-state index contributed by atoms with van der Waals surface area (Å²) in [5.74, 6) is 0.175. The van der Waals surface area contributed by atoms with Gasteiger partial charge in [0.15, 0.2) is 0 Å². The number of aromatic amines is 1. The van der Waals surface area contributed by atoms with E-state index in [0.29, 0.717) is 0 Å². The molecule has 1 unspecified atom stereocenters. The normalized spacial score (nSPS) is 12.4. The number of hydrogen-bond donors (Lipinski definition) is 3. The number of nitrogens with two attached hydrogens (primary N) is 1. The second kappa shape index (κ2) is 7.01. The van der Waals surface area contributed by atoms with Crippen molar-refractivity contribution in [2.45, 2.75) is 52.0 Å². The number of nitrogens with one attached hydrogen (secondary N) is 2. The molecule has 0 saturated heterocycles. The predicted molar refractivity (Wildman–Crippen MR) is 78.6 cm³/mol. The van der Waals surface area contributed by atoms with Crippen LogP contribution in [-0.2, 0) is 7.05 Å². The molecule has 1 heterocycles. The van der Waals surface area contributed by atoms with Gasteiger partial charge in [-0.25, -0.2) is 4.79 Å². The van der Waals surface area contributed by atoms with E-state index in [-0.39, 0.29) is 17.5 Å². The Morgan fingerprint density at radius 1 is 1.32 bits per heavy atom. The van der Waals surface area contributed by atoms with Gasteiger partial charge in [-0.15, -0.1) is 0 Å². The van der Waals surface area contributed by atoms with Crippen LogP contribution in [0.25, 0.3) is 0 Å². The highest BCUT2D eigenvalue weighted by atomic mass is 16.2. The van der Waals surface area contributed by atoms with Crippen LogP contribution < -0.4 is 22.3 Å². The first-order valence-corrected chi connectivity index (χ1v) is 6.82. The highest BCUT2D eigenvalue weighted by molar-refractivity contribution is 5.60. The van der Waals surface area contributed by atoms with Crippen molar-refractivity contribution in [3.8, 4) is 0 Å². The van der Waals surface area contributed by atoms with Crippen molar-refractivity contribution in [2.24, 2.45) is 7.05 Å². The summed E-state index contributed by atoms with van der Waals surface area (Å²) in [6.45, 7) is 4.18. The zero-order chi connectivity index (χ0) is 14.4. The van der Waals surface area contributed by atoms with Gasteiger partial charge in [-0.3, -0.25) is 14.3 Å². The van der Waals surface area contributed by atoms with Crippen molar-refractivity contribution in [3.05, 3.63) is 20.8 Å². The van der Waals surface area contributed by atoms with Crippen LogP contribution in [0.2, 0.25) is 0 Å². The topological polar surface area (TPSA) is 92.9 Å². The number of hydrogen-bond acceptors (Lipinski definition) is 4. The summed E-state index contributed by atoms with van der Waals surface area (Å²) in [5, 5.41) is 3.09. The zero-order valence-electron chi connectivity index (χ0n) is 12.0. The minimum atomic E-state index is -0.497. The van der Waals surface area contributed by atoms with E-state index in [4.69, 9.17) is 5.73 Å². The lowest BCUT2D eigenvalue weighted by atomic mass is 10.1. The second-order valence-corrected chi connectivity index (χ2v) is 4.97. The van der Waals surface area contributed by atoms with E-state index in [9.17, 15) is 9.59 Å². The second-order valence-electron chi connectivity index (χ2n) is 4.97. The smallest absolute Gasteiger partial charge is 0.329 e. The quantitative estimate of drug-likeness (QED) is 0.652. The fourth-order valence-electron chi connectivity index (χ4n) is 1.97. The number of rotatable bonds is 7. The fourth-order valence-corrected chi connectivity index (χ4v) is 1.97. The summed E-state index contributed by atoms with van der Waals surface area (Å²) in [7, 11) is 1.53. The Hall–Kier alpha value is -1.72. The number of nitrogens with zero attached hydrogens (tertiary/aromatic N) is 1. The van der Waals surface area contributed by atoms with Gasteiger partial charge in [-0.2, -0.15) is 0 Å². The molecule has 0 aliphatic rings. The number of unbranched alkanes of at least 4 members (excludes halogenated alkanes) is 3. The van der Waals surface area contributed by atoms with Crippen LogP contribution in [0.5, 0.6) is 0 Å². The molecular weight excluding hydrogens is 244 g/mol. The van der Waals surface area contributed by atoms with E-state index in [1.54, 1.807) is 0 Å². The van der Waals surface area contributed by atoms with Crippen molar-refractivity contribution in [1.82, 2.24) is 9.55 Å². The van der Waals surface area contributed by atoms with E-state index in [1.807, 2.05) is 6.92 Å². The number of H-pyrrole nitrogens is 1. The van der Waals surface area contributed by atoms with Gasteiger partial charge in [-0.1, -0.05) is 32.6 Å². The van der Waals surface area contributed by atoms with Crippen LogP contribution in [0.1, 0.15) is 46.0 Å². The fraction of sp³-hybridized carbons (Fsp3) is 0.692. The van der Waals surface area contributed by atoms with Gasteiger partial charge >= 0.3 is 5.69 Å². The maximum absolute atomic E-state index is 11.7. The highest BCUT2D eigenvalue weighted by Gasteiger charge is 2.12. The number of nitrogen functional groups attached to an aromatic ring is 1. The molecule has 0 aliphatic carbocycles. The third kappa shape index (κ3) is 4.15. The molecule has 1 atom stereocenters.